The van der Waals surface area contributed by atoms with Crippen LogP contribution in [0, 0.1) is 11.3 Å². The molecule has 1 fully saturated rings. The molecular formula is C17H30N4O. The summed E-state index contributed by atoms with van der Waals surface area (Å²) in [7, 11) is 3.68. The van der Waals surface area contributed by atoms with Gasteiger partial charge >= 0.3 is 0 Å². The minimum absolute atomic E-state index is 0.0468. The Morgan fingerprint density at radius 3 is 2.59 bits per heavy atom. The van der Waals surface area contributed by atoms with E-state index in [-0.39, 0.29) is 11.9 Å². The SMILES string of the molecule is CNC(C(=O)NCC1(CC(C)C)CCCC1)c1cnn(C)c1. The second kappa shape index (κ2) is 7.27. The fourth-order valence-electron chi connectivity index (χ4n) is 3.86. The van der Waals surface area contributed by atoms with Crippen molar-refractivity contribution in [1.29, 1.82) is 0 Å². The molecule has 0 aromatic carbocycles. The largest absolute Gasteiger partial charge is 0.354 e. The van der Waals surface area contributed by atoms with Gasteiger partial charge in [-0.3, -0.25) is 9.48 Å². The highest BCUT2D eigenvalue weighted by molar-refractivity contribution is 5.83. The topological polar surface area (TPSA) is 59.0 Å². The second-order valence-electron chi connectivity index (χ2n) is 7.19. The van der Waals surface area contributed by atoms with Crippen molar-refractivity contribution >= 4 is 5.91 Å². The third-order valence-corrected chi connectivity index (χ3v) is 4.75. The number of aromatic nitrogens is 2. The van der Waals surface area contributed by atoms with E-state index < -0.39 is 0 Å². The number of hydrogen-bond donors (Lipinski definition) is 2. The Hall–Kier alpha value is -1.36. The van der Waals surface area contributed by atoms with E-state index in [1.165, 1.54) is 32.1 Å². The highest BCUT2D eigenvalue weighted by atomic mass is 16.2. The zero-order valence-electron chi connectivity index (χ0n) is 14.4. The van der Waals surface area contributed by atoms with E-state index in [4.69, 9.17) is 0 Å². The average Bonchev–Trinajstić information content (AvgIpc) is 3.07. The zero-order chi connectivity index (χ0) is 16.2. The van der Waals surface area contributed by atoms with Crippen LogP contribution in [-0.4, -0.2) is 29.3 Å². The Balaban J connectivity index is 1.97. The zero-order valence-corrected chi connectivity index (χ0v) is 14.4. The van der Waals surface area contributed by atoms with E-state index in [1.54, 1.807) is 10.9 Å². The molecule has 1 unspecified atom stereocenters. The molecule has 2 rings (SSSR count). The fraction of sp³-hybridized carbons (Fsp3) is 0.765. The molecular weight excluding hydrogens is 276 g/mol. The smallest absolute Gasteiger partial charge is 0.241 e. The minimum atomic E-state index is -0.328. The normalized spacial score (nSPS) is 18.6. The number of nitrogens with zero attached hydrogens (tertiary/aromatic N) is 2. The molecule has 0 bridgehead atoms. The predicted octanol–water partition coefficient (Wildman–Crippen LogP) is 2.40. The lowest BCUT2D eigenvalue weighted by molar-refractivity contribution is -0.123. The Morgan fingerprint density at radius 2 is 2.09 bits per heavy atom. The molecule has 124 valence electrons. The summed E-state index contributed by atoms with van der Waals surface area (Å²) in [6.45, 7) is 5.34. The molecule has 1 aromatic rings. The average molecular weight is 306 g/mol. The molecule has 1 amide bonds. The van der Waals surface area contributed by atoms with Crippen LogP contribution in [0.1, 0.15) is 57.6 Å². The van der Waals surface area contributed by atoms with Crippen molar-refractivity contribution in [3.05, 3.63) is 18.0 Å². The molecule has 1 aliphatic carbocycles. The first-order valence-corrected chi connectivity index (χ1v) is 8.39. The maximum absolute atomic E-state index is 12.6. The van der Waals surface area contributed by atoms with E-state index in [9.17, 15) is 4.79 Å². The van der Waals surface area contributed by atoms with Gasteiger partial charge in [-0.05, 0) is 37.6 Å². The van der Waals surface area contributed by atoms with Crippen LogP contribution < -0.4 is 10.6 Å². The minimum Gasteiger partial charge on any atom is -0.354 e. The van der Waals surface area contributed by atoms with Crippen LogP contribution in [0.3, 0.4) is 0 Å². The summed E-state index contributed by atoms with van der Waals surface area (Å²) >= 11 is 0. The van der Waals surface area contributed by atoms with Gasteiger partial charge in [-0.15, -0.1) is 0 Å². The van der Waals surface area contributed by atoms with E-state index in [1.807, 2.05) is 20.3 Å². The van der Waals surface area contributed by atoms with E-state index in [0.717, 1.165) is 12.1 Å². The summed E-state index contributed by atoms with van der Waals surface area (Å²) in [5.74, 6) is 0.721. The summed E-state index contributed by atoms with van der Waals surface area (Å²) in [5.41, 5.74) is 1.21. The number of amides is 1. The molecule has 5 heteroatoms. The van der Waals surface area contributed by atoms with Crippen molar-refractivity contribution in [3.8, 4) is 0 Å². The molecule has 0 radical (unpaired) electrons. The summed E-state index contributed by atoms with van der Waals surface area (Å²) in [5, 5.41) is 10.4. The Bertz CT molecular complexity index is 489. The van der Waals surface area contributed by atoms with Gasteiger partial charge in [0.15, 0.2) is 0 Å². The molecule has 0 saturated heterocycles. The highest BCUT2D eigenvalue weighted by Gasteiger charge is 2.35. The van der Waals surface area contributed by atoms with Crippen LogP contribution in [0.15, 0.2) is 12.4 Å². The number of nitrogens with one attached hydrogen (secondary N) is 2. The molecule has 1 atom stereocenters. The van der Waals surface area contributed by atoms with Gasteiger partial charge < -0.3 is 10.6 Å². The third-order valence-electron chi connectivity index (χ3n) is 4.75. The van der Waals surface area contributed by atoms with Crippen LogP contribution in [0.2, 0.25) is 0 Å². The van der Waals surface area contributed by atoms with E-state index in [0.29, 0.717) is 11.3 Å². The van der Waals surface area contributed by atoms with Crippen molar-refractivity contribution in [2.75, 3.05) is 13.6 Å². The Kier molecular flexibility index (Phi) is 5.62. The number of carbonyl (C=O) groups is 1. The Morgan fingerprint density at radius 1 is 1.41 bits per heavy atom. The number of rotatable bonds is 7. The van der Waals surface area contributed by atoms with E-state index >= 15 is 0 Å². The number of hydrogen-bond acceptors (Lipinski definition) is 3. The quantitative estimate of drug-likeness (QED) is 0.813. The first-order chi connectivity index (χ1) is 10.5. The lowest BCUT2D eigenvalue weighted by atomic mass is 9.78. The first kappa shape index (κ1) is 17.0. The maximum Gasteiger partial charge on any atom is 0.241 e. The molecule has 0 aliphatic heterocycles. The van der Waals surface area contributed by atoms with Gasteiger partial charge in [0, 0.05) is 25.4 Å². The highest BCUT2D eigenvalue weighted by Crippen LogP contribution is 2.42. The van der Waals surface area contributed by atoms with Gasteiger partial charge in [-0.25, -0.2) is 0 Å². The van der Waals surface area contributed by atoms with Crippen molar-refractivity contribution in [2.24, 2.45) is 18.4 Å². The molecule has 5 nitrogen and oxygen atoms in total. The number of carbonyl (C=O) groups excluding carboxylic acids is 1. The monoisotopic (exact) mass is 306 g/mol. The van der Waals surface area contributed by atoms with Crippen LogP contribution in [0.5, 0.6) is 0 Å². The van der Waals surface area contributed by atoms with Gasteiger partial charge in [-0.1, -0.05) is 26.7 Å². The van der Waals surface area contributed by atoms with Crippen LogP contribution in [0.4, 0.5) is 0 Å². The molecule has 0 spiro atoms. The van der Waals surface area contributed by atoms with Gasteiger partial charge in [0.05, 0.1) is 6.20 Å². The summed E-state index contributed by atoms with van der Waals surface area (Å²) < 4.78 is 1.73. The maximum atomic E-state index is 12.6. The molecule has 22 heavy (non-hydrogen) atoms. The van der Waals surface area contributed by atoms with Gasteiger partial charge in [0.25, 0.3) is 0 Å². The van der Waals surface area contributed by atoms with E-state index in [2.05, 4.69) is 29.6 Å². The lowest BCUT2D eigenvalue weighted by Crippen LogP contribution is -2.42. The van der Waals surface area contributed by atoms with Gasteiger partial charge in [-0.2, -0.15) is 5.10 Å². The lowest BCUT2D eigenvalue weighted by Gasteiger charge is -2.31. The summed E-state index contributed by atoms with van der Waals surface area (Å²) in [6.07, 6.45) is 9.90. The summed E-state index contributed by atoms with van der Waals surface area (Å²) in [6, 6.07) is -0.328. The van der Waals surface area contributed by atoms with Crippen LogP contribution >= 0.6 is 0 Å². The third kappa shape index (κ3) is 4.09. The molecule has 1 aromatic heterocycles. The Labute approximate surface area is 133 Å². The van der Waals surface area contributed by atoms with Crippen molar-refractivity contribution in [2.45, 2.75) is 52.0 Å². The first-order valence-electron chi connectivity index (χ1n) is 8.39. The number of likely N-dealkylation sites (N-methyl/N-ethyl adjacent to an activating group) is 1. The van der Waals surface area contributed by atoms with Gasteiger partial charge in [0.1, 0.15) is 6.04 Å². The van der Waals surface area contributed by atoms with Crippen LogP contribution in [0.25, 0.3) is 0 Å². The van der Waals surface area contributed by atoms with Crippen molar-refractivity contribution < 1.29 is 4.79 Å². The molecule has 1 heterocycles. The van der Waals surface area contributed by atoms with Crippen molar-refractivity contribution in [1.82, 2.24) is 20.4 Å². The molecule has 1 saturated carbocycles. The number of aryl methyl sites for hydroxylation is 1. The van der Waals surface area contributed by atoms with Gasteiger partial charge in [0.2, 0.25) is 5.91 Å². The second-order valence-corrected chi connectivity index (χ2v) is 7.19. The van der Waals surface area contributed by atoms with Crippen molar-refractivity contribution in [3.63, 3.8) is 0 Å². The molecule has 2 N–H and O–H groups in total. The summed E-state index contributed by atoms with van der Waals surface area (Å²) in [4.78, 5) is 12.6. The molecule has 1 aliphatic rings. The standard InChI is InChI=1S/C17H30N4O/c1-13(2)9-17(7-5-6-8-17)12-19-16(22)15(18-3)14-10-20-21(4)11-14/h10-11,13,15,18H,5-9,12H2,1-4H3,(H,19,22). The van der Waals surface area contributed by atoms with Crippen LogP contribution in [-0.2, 0) is 11.8 Å². The predicted molar refractivity (Wildman–Crippen MR) is 88.4 cm³/mol. The fourth-order valence-corrected chi connectivity index (χ4v) is 3.86.